The van der Waals surface area contributed by atoms with Crippen LogP contribution in [-0.2, 0) is 0 Å². The van der Waals surface area contributed by atoms with Crippen LogP contribution in [0.3, 0.4) is 0 Å². The fraction of sp³-hybridized carbons (Fsp3) is 0.381. The SMILES string of the molecule is Cc1ccccc1C1CCCN(C(=O)c2cccc(N(C)C)c2)C1. The van der Waals surface area contributed by atoms with E-state index >= 15 is 0 Å². The zero-order valence-corrected chi connectivity index (χ0v) is 14.8. The first kappa shape index (κ1) is 16.6. The summed E-state index contributed by atoms with van der Waals surface area (Å²) in [6, 6.07) is 16.5. The standard InChI is InChI=1S/C21H26N2O/c1-16-8-4-5-12-20(16)18-10-7-13-23(15-18)21(24)17-9-6-11-19(14-17)22(2)3/h4-6,8-9,11-12,14,18H,7,10,13,15H2,1-3H3. The molecule has 2 aromatic rings. The molecule has 1 aliphatic heterocycles. The van der Waals surface area contributed by atoms with Crippen LogP contribution in [0.1, 0.15) is 40.2 Å². The number of nitrogens with zero attached hydrogens (tertiary/aromatic N) is 2. The predicted molar refractivity (Wildman–Crippen MR) is 99.8 cm³/mol. The minimum Gasteiger partial charge on any atom is -0.378 e. The second kappa shape index (κ2) is 7.08. The van der Waals surface area contributed by atoms with E-state index in [1.165, 1.54) is 11.1 Å². The Morgan fingerprint density at radius 3 is 2.67 bits per heavy atom. The Morgan fingerprint density at radius 1 is 1.12 bits per heavy atom. The molecule has 3 heteroatoms. The third-order valence-corrected chi connectivity index (χ3v) is 4.95. The molecule has 0 bridgehead atoms. The number of benzene rings is 2. The van der Waals surface area contributed by atoms with Crippen LogP contribution < -0.4 is 4.90 Å². The van der Waals surface area contributed by atoms with Crippen molar-refractivity contribution in [3.8, 4) is 0 Å². The van der Waals surface area contributed by atoms with E-state index in [0.717, 1.165) is 37.2 Å². The second-order valence-corrected chi connectivity index (χ2v) is 6.89. The van der Waals surface area contributed by atoms with Crippen molar-refractivity contribution in [3.63, 3.8) is 0 Å². The second-order valence-electron chi connectivity index (χ2n) is 6.89. The highest BCUT2D eigenvalue weighted by Gasteiger charge is 2.26. The van der Waals surface area contributed by atoms with Crippen molar-refractivity contribution in [2.75, 3.05) is 32.1 Å². The van der Waals surface area contributed by atoms with E-state index in [1.807, 2.05) is 48.2 Å². The molecule has 0 saturated carbocycles. The molecule has 1 amide bonds. The summed E-state index contributed by atoms with van der Waals surface area (Å²) in [5.74, 6) is 0.595. The molecule has 1 atom stereocenters. The van der Waals surface area contributed by atoms with Gasteiger partial charge in [0.1, 0.15) is 0 Å². The molecule has 1 aliphatic rings. The summed E-state index contributed by atoms with van der Waals surface area (Å²) in [6.45, 7) is 3.83. The van der Waals surface area contributed by atoms with E-state index in [2.05, 4.69) is 31.2 Å². The average molecular weight is 322 g/mol. The monoisotopic (exact) mass is 322 g/mol. The lowest BCUT2D eigenvalue weighted by Gasteiger charge is -2.34. The summed E-state index contributed by atoms with van der Waals surface area (Å²) in [7, 11) is 4.00. The number of rotatable bonds is 3. The molecule has 24 heavy (non-hydrogen) atoms. The van der Waals surface area contributed by atoms with E-state index in [4.69, 9.17) is 0 Å². The average Bonchev–Trinajstić information content (AvgIpc) is 2.61. The van der Waals surface area contributed by atoms with Crippen LogP contribution in [0.15, 0.2) is 48.5 Å². The maximum atomic E-state index is 12.9. The minimum absolute atomic E-state index is 0.150. The zero-order chi connectivity index (χ0) is 17.1. The minimum atomic E-state index is 0.150. The molecule has 3 rings (SSSR count). The molecular weight excluding hydrogens is 296 g/mol. The van der Waals surface area contributed by atoms with Crippen LogP contribution in [0.2, 0.25) is 0 Å². The quantitative estimate of drug-likeness (QED) is 0.850. The molecule has 3 nitrogen and oxygen atoms in total. The van der Waals surface area contributed by atoms with Crippen molar-refractivity contribution in [2.24, 2.45) is 0 Å². The van der Waals surface area contributed by atoms with E-state index in [1.54, 1.807) is 0 Å². The number of hydrogen-bond donors (Lipinski definition) is 0. The van der Waals surface area contributed by atoms with Crippen molar-refractivity contribution >= 4 is 11.6 Å². The van der Waals surface area contributed by atoms with Crippen molar-refractivity contribution in [1.82, 2.24) is 4.90 Å². The first-order chi connectivity index (χ1) is 11.6. The Bertz CT molecular complexity index is 723. The lowest BCUT2D eigenvalue weighted by molar-refractivity contribution is 0.0707. The number of carbonyl (C=O) groups excluding carboxylic acids is 1. The summed E-state index contributed by atoms with van der Waals surface area (Å²) >= 11 is 0. The Kier molecular flexibility index (Phi) is 4.89. The number of amides is 1. The molecule has 1 fully saturated rings. The molecule has 1 heterocycles. The normalized spacial score (nSPS) is 17.6. The van der Waals surface area contributed by atoms with Crippen molar-refractivity contribution in [3.05, 3.63) is 65.2 Å². The zero-order valence-electron chi connectivity index (χ0n) is 14.8. The maximum Gasteiger partial charge on any atom is 0.253 e. The first-order valence-electron chi connectivity index (χ1n) is 8.68. The summed E-state index contributed by atoms with van der Waals surface area (Å²) in [5, 5.41) is 0. The van der Waals surface area contributed by atoms with Gasteiger partial charge in [0, 0.05) is 44.4 Å². The first-order valence-corrected chi connectivity index (χ1v) is 8.68. The number of likely N-dealkylation sites (tertiary alicyclic amines) is 1. The Labute approximate surface area is 144 Å². The number of hydrogen-bond acceptors (Lipinski definition) is 2. The van der Waals surface area contributed by atoms with Crippen LogP contribution in [0.25, 0.3) is 0 Å². The summed E-state index contributed by atoms with van der Waals surface area (Å²) in [5.41, 5.74) is 4.56. The van der Waals surface area contributed by atoms with Gasteiger partial charge in [-0.05, 0) is 49.1 Å². The van der Waals surface area contributed by atoms with Crippen molar-refractivity contribution in [1.29, 1.82) is 0 Å². The fourth-order valence-corrected chi connectivity index (χ4v) is 3.56. The smallest absolute Gasteiger partial charge is 0.253 e. The summed E-state index contributed by atoms with van der Waals surface area (Å²) in [4.78, 5) is 17.0. The van der Waals surface area contributed by atoms with E-state index in [9.17, 15) is 4.79 Å². The molecule has 0 aliphatic carbocycles. The van der Waals surface area contributed by atoms with E-state index in [-0.39, 0.29) is 5.91 Å². The van der Waals surface area contributed by atoms with Crippen LogP contribution in [0.5, 0.6) is 0 Å². The number of carbonyl (C=O) groups is 1. The Hall–Kier alpha value is -2.29. The number of piperidine rings is 1. The predicted octanol–water partition coefficient (Wildman–Crippen LogP) is 4.08. The van der Waals surface area contributed by atoms with Gasteiger partial charge in [-0.3, -0.25) is 4.79 Å². The van der Waals surface area contributed by atoms with Gasteiger partial charge in [0.25, 0.3) is 5.91 Å². The lowest BCUT2D eigenvalue weighted by Crippen LogP contribution is -2.39. The Morgan fingerprint density at radius 2 is 1.92 bits per heavy atom. The van der Waals surface area contributed by atoms with Gasteiger partial charge in [0.05, 0.1) is 0 Å². The maximum absolute atomic E-state index is 12.9. The van der Waals surface area contributed by atoms with Gasteiger partial charge in [0.2, 0.25) is 0 Å². The van der Waals surface area contributed by atoms with Gasteiger partial charge in [-0.2, -0.15) is 0 Å². The molecule has 0 aromatic heterocycles. The van der Waals surface area contributed by atoms with Crippen LogP contribution in [-0.4, -0.2) is 38.0 Å². The van der Waals surface area contributed by atoms with Crippen LogP contribution >= 0.6 is 0 Å². The highest BCUT2D eigenvalue weighted by molar-refractivity contribution is 5.95. The third-order valence-electron chi connectivity index (χ3n) is 4.95. The van der Waals surface area contributed by atoms with E-state index in [0.29, 0.717) is 5.92 Å². The fourth-order valence-electron chi connectivity index (χ4n) is 3.56. The van der Waals surface area contributed by atoms with Crippen molar-refractivity contribution < 1.29 is 4.79 Å². The largest absolute Gasteiger partial charge is 0.378 e. The molecule has 1 unspecified atom stereocenters. The molecule has 1 saturated heterocycles. The molecule has 2 aromatic carbocycles. The van der Waals surface area contributed by atoms with Crippen LogP contribution in [0, 0.1) is 6.92 Å². The molecule has 126 valence electrons. The number of anilines is 1. The summed E-state index contributed by atoms with van der Waals surface area (Å²) < 4.78 is 0. The van der Waals surface area contributed by atoms with Gasteiger partial charge < -0.3 is 9.80 Å². The highest BCUT2D eigenvalue weighted by atomic mass is 16.2. The molecule has 0 radical (unpaired) electrons. The van der Waals surface area contributed by atoms with Gasteiger partial charge in [-0.25, -0.2) is 0 Å². The lowest BCUT2D eigenvalue weighted by atomic mass is 9.88. The summed E-state index contributed by atoms with van der Waals surface area (Å²) in [6.07, 6.45) is 2.23. The van der Waals surface area contributed by atoms with Crippen molar-refractivity contribution in [2.45, 2.75) is 25.7 Å². The van der Waals surface area contributed by atoms with Crippen LogP contribution in [0.4, 0.5) is 5.69 Å². The van der Waals surface area contributed by atoms with Gasteiger partial charge in [0.15, 0.2) is 0 Å². The van der Waals surface area contributed by atoms with E-state index < -0.39 is 0 Å². The highest BCUT2D eigenvalue weighted by Crippen LogP contribution is 2.30. The molecule has 0 N–H and O–H groups in total. The number of aryl methyl sites for hydroxylation is 1. The topological polar surface area (TPSA) is 23.6 Å². The molecule has 0 spiro atoms. The third kappa shape index (κ3) is 3.45. The Balaban J connectivity index is 1.78. The molecular formula is C21H26N2O. The van der Waals surface area contributed by atoms with Gasteiger partial charge in [-0.1, -0.05) is 30.3 Å². The van der Waals surface area contributed by atoms with Gasteiger partial charge in [-0.15, -0.1) is 0 Å². The van der Waals surface area contributed by atoms with Gasteiger partial charge >= 0.3 is 0 Å².